The second-order valence-corrected chi connectivity index (χ2v) is 7.09. The van der Waals surface area contributed by atoms with Gasteiger partial charge >= 0.3 is 0 Å². The Bertz CT molecular complexity index is 1480. The average Bonchev–Trinajstić information content (AvgIpc) is 3.48. The second-order valence-electron chi connectivity index (χ2n) is 7.09. The van der Waals surface area contributed by atoms with Gasteiger partial charge in [0.1, 0.15) is 0 Å². The van der Waals surface area contributed by atoms with Crippen LogP contribution in [0.25, 0.3) is 50.1 Å². The molecule has 142 valence electrons. The minimum absolute atomic E-state index is 0.568. The van der Waals surface area contributed by atoms with Crippen molar-refractivity contribution in [3.8, 4) is 28.5 Å². The van der Waals surface area contributed by atoms with E-state index in [0.29, 0.717) is 5.82 Å². The maximum absolute atomic E-state index is 4.62. The van der Waals surface area contributed by atoms with E-state index in [9.17, 15) is 0 Å². The number of hydrogen-bond donors (Lipinski definition) is 1. The van der Waals surface area contributed by atoms with Crippen LogP contribution in [0.1, 0.15) is 0 Å². The summed E-state index contributed by atoms with van der Waals surface area (Å²) in [5.41, 5.74) is 4.99. The Labute approximate surface area is 171 Å². The number of hydrogen-bond acceptors (Lipinski definition) is 4. The zero-order valence-electron chi connectivity index (χ0n) is 15.9. The van der Waals surface area contributed by atoms with Gasteiger partial charge in [-0.15, -0.1) is 10.2 Å². The quantitative estimate of drug-likeness (QED) is 0.462. The molecule has 3 heterocycles. The molecule has 3 aromatic heterocycles. The standard InChI is InChI=1S/C24H16N6/c1-2-9-19-16(6-1)11-12-22-20(19)15-23(21-10-3-4-13-25-21)30(22)18-8-5-7-17(14-18)24-26-28-29-27-24/h1-15H,(H,26,27,28,29). The number of aromatic nitrogens is 6. The van der Waals surface area contributed by atoms with E-state index in [2.05, 4.69) is 84.8 Å². The van der Waals surface area contributed by atoms with Crippen molar-refractivity contribution in [1.82, 2.24) is 30.2 Å². The van der Waals surface area contributed by atoms with Crippen molar-refractivity contribution in [3.63, 3.8) is 0 Å². The average molecular weight is 388 g/mol. The first-order valence-corrected chi connectivity index (χ1v) is 9.67. The number of aromatic amines is 1. The molecule has 1 N–H and O–H groups in total. The molecule has 0 saturated carbocycles. The first kappa shape index (κ1) is 16.6. The largest absolute Gasteiger partial charge is 0.308 e. The monoisotopic (exact) mass is 388 g/mol. The van der Waals surface area contributed by atoms with E-state index in [4.69, 9.17) is 0 Å². The zero-order chi connectivity index (χ0) is 19.9. The minimum Gasteiger partial charge on any atom is -0.308 e. The first-order chi connectivity index (χ1) is 14.9. The van der Waals surface area contributed by atoms with Gasteiger partial charge in [-0.05, 0) is 52.4 Å². The normalized spacial score (nSPS) is 11.3. The van der Waals surface area contributed by atoms with Crippen LogP contribution in [0, 0.1) is 0 Å². The number of benzene rings is 3. The summed E-state index contributed by atoms with van der Waals surface area (Å²) in [5.74, 6) is 0.568. The van der Waals surface area contributed by atoms with E-state index in [1.807, 2.05) is 36.5 Å². The Morgan fingerprint density at radius 3 is 2.57 bits per heavy atom. The zero-order valence-corrected chi connectivity index (χ0v) is 15.9. The van der Waals surface area contributed by atoms with E-state index in [-0.39, 0.29) is 0 Å². The number of nitrogens with zero attached hydrogens (tertiary/aromatic N) is 5. The van der Waals surface area contributed by atoms with Crippen LogP contribution >= 0.6 is 0 Å². The lowest BCUT2D eigenvalue weighted by atomic mass is 10.1. The van der Waals surface area contributed by atoms with Crippen molar-refractivity contribution in [1.29, 1.82) is 0 Å². The first-order valence-electron chi connectivity index (χ1n) is 9.67. The van der Waals surface area contributed by atoms with Crippen LogP contribution in [0.4, 0.5) is 0 Å². The van der Waals surface area contributed by atoms with Gasteiger partial charge in [-0.1, -0.05) is 48.5 Å². The molecule has 3 aromatic carbocycles. The van der Waals surface area contributed by atoms with E-state index < -0.39 is 0 Å². The summed E-state index contributed by atoms with van der Waals surface area (Å²) in [6.45, 7) is 0. The molecule has 0 aliphatic heterocycles. The lowest BCUT2D eigenvalue weighted by Crippen LogP contribution is -1.98. The molecule has 0 aliphatic rings. The second kappa shape index (κ2) is 6.63. The fourth-order valence-electron chi connectivity index (χ4n) is 4.01. The van der Waals surface area contributed by atoms with Crippen molar-refractivity contribution in [2.45, 2.75) is 0 Å². The molecule has 0 aliphatic carbocycles. The third kappa shape index (κ3) is 2.58. The third-order valence-corrected chi connectivity index (χ3v) is 5.35. The van der Waals surface area contributed by atoms with Gasteiger partial charge in [0.05, 0.1) is 16.9 Å². The van der Waals surface area contributed by atoms with Crippen LogP contribution in [-0.4, -0.2) is 30.2 Å². The number of pyridine rings is 1. The van der Waals surface area contributed by atoms with E-state index in [1.165, 1.54) is 16.2 Å². The summed E-state index contributed by atoms with van der Waals surface area (Å²) >= 11 is 0. The van der Waals surface area contributed by atoms with Crippen molar-refractivity contribution < 1.29 is 0 Å². The number of tetrazole rings is 1. The van der Waals surface area contributed by atoms with Gasteiger partial charge < -0.3 is 4.57 Å². The van der Waals surface area contributed by atoms with Gasteiger partial charge in [-0.3, -0.25) is 4.98 Å². The summed E-state index contributed by atoms with van der Waals surface area (Å²) in [6.07, 6.45) is 1.82. The maximum atomic E-state index is 4.62. The van der Waals surface area contributed by atoms with Gasteiger partial charge in [0.2, 0.25) is 5.82 Å². The van der Waals surface area contributed by atoms with Crippen LogP contribution in [0.3, 0.4) is 0 Å². The Morgan fingerprint density at radius 2 is 1.70 bits per heavy atom. The minimum atomic E-state index is 0.568. The predicted octanol–water partition coefficient (Wildman–Crippen LogP) is 5.03. The number of fused-ring (bicyclic) bond motifs is 3. The Balaban J connectivity index is 1.68. The lowest BCUT2D eigenvalue weighted by molar-refractivity contribution is 0.881. The molecular formula is C24H16N6. The van der Waals surface area contributed by atoms with E-state index >= 15 is 0 Å². The molecule has 6 heteroatoms. The summed E-state index contributed by atoms with van der Waals surface area (Å²) in [4.78, 5) is 4.62. The van der Waals surface area contributed by atoms with Crippen molar-refractivity contribution in [3.05, 3.63) is 91.1 Å². The Hall–Kier alpha value is -4.32. The van der Waals surface area contributed by atoms with Crippen molar-refractivity contribution in [2.75, 3.05) is 0 Å². The molecule has 0 spiro atoms. The van der Waals surface area contributed by atoms with Crippen LogP contribution in [-0.2, 0) is 0 Å². The molecule has 30 heavy (non-hydrogen) atoms. The van der Waals surface area contributed by atoms with Crippen LogP contribution in [0.15, 0.2) is 91.1 Å². The van der Waals surface area contributed by atoms with Crippen LogP contribution < -0.4 is 0 Å². The number of nitrogens with one attached hydrogen (secondary N) is 1. The third-order valence-electron chi connectivity index (χ3n) is 5.35. The van der Waals surface area contributed by atoms with Crippen molar-refractivity contribution in [2.24, 2.45) is 0 Å². The highest BCUT2D eigenvalue weighted by Crippen LogP contribution is 2.35. The highest BCUT2D eigenvalue weighted by molar-refractivity contribution is 6.09. The molecule has 0 unspecified atom stereocenters. The molecule has 6 nitrogen and oxygen atoms in total. The summed E-state index contributed by atoms with van der Waals surface area (Å²) in [6, 6.07) is 29.2. The van der Waals surface area contributed by atoms with Gasteiger partial charge in [0, 0.05) is 22.8 Å². The fourth-order valence-corrected chi connectivity index (χ4v) is 4.01. The molecule has 0 atom stereocenters. The topological polar surface area (TPSA) is 72.3 Å². The van der Waals surface area contributed by atoms with Gasteiger partial charge in [-0.25, -0.2) is 0 Å². The van der Waals surface area contributed by atoms with Gasteiger partial charge in [0.15, 0.2) is 0 Å². The predicted molar refractivity (Wildman–Crippen MR) is 117 cm³/mol. The Kier molecular flexibility index (Phi) is 3.67. The maximum Gasteiger partial charge on any atom is 0.204 e. The molecule has 0 radical (unpaired) electrons. The van der Waals surface area contributed by atoms with E-state index in [1.54, 1.807) is 0 Å². The fraction of sp³-hybridized carbons (Fsp3) is 0. The van der Waals surface area contributed by atoms with Crippen LogP contribution in [0.5, 0.6) is 0 Å². The molecule has 0 saturated heterocycles. The number of rotatable bonds is 3. The highest BCUT2D eigenvalue weighted by Gasteiger charge is 2.16. The highest BCUT2D eigenvalue weighted by atomic mass is 15.5. The van der Waals surface area contributed by atoms with Gasteiger partial charge in [-0.2, -0.15) is 5.21 Å². The number of H-pyrrole nitrogens is 1. The van der Waals surface area contributed by atoms with Crippen LogP contribution in [0.2, 0.25) is 0 Å². The molecule has 0 bridgehead atoms. The van der Waals surface area contributed by atoms with Crippen molar-refractivity contribution >= 4 is 21.7 Å². The molecule has 6 aromatic rings. The Morgan fingerprint density at radius 1 is 0.767 bits per heavy atom. The lowest BCUT2D eigenvalue weighted by Gasteiger charge is -2.12. The van der Waals surface area contributed by atoms with E-state index in [0.717, 1.165) is 28.2 Å². The molecule has 6 rings (SSSR count). The smallest absolute Gasteiger partial charge is 0.204 e. The van der Waals surface area contributed by atoms with Gasteiger partial charge in [0.25, 0.3) is 0 Å². The summed E-state index contributed by atoms with van der Waals surface area (Å²) in [5, 5.41) is 18.1. The molecule has 0 amide bonds. The summed E-state index contributed by atoms with van der Waals surface area (Å²) in [7, 11) is 0. The SMILES string of the molecule is c1ccc(-c2cc3c4ccccc4ccc3n2-c2cccc(-c3nn[nH]n3)c2)nc1. The molecular weight excluding hydrogens is 372 g/mol. The summed E-state index contributed by atoms with van der Waals surface area (Å²) < 4.78 is 2.24. The molecule has 0 fully saturated rings.